The maximum atomic E-state index is 15.1. The monoisotopic (exact) mass is 761 g/mol. The number of amides is 4. The highest BCUT2D eigenvalue weighted by Crippen LogP contribution is 2.40. The fourth-order valence-electron chi connectivity index (χ4n) is 5.49. The van der Waals surface area contributed by atoms with E-state index in [0.717, 1.165) is 0 Å². The van der Waals surface area contributed by atoms with Crippen molar-refractivity contribution < 1.29 is 33.1 Å². The van der Waals surface area contributed by atoms with Crippen molar-refractivity contribution in [3.63, 3.8) is 0 Å². The van der Waals surface area contributed by atoms with Crippen molar-refractivity contribution >= 4 is 60.3 Å². The van der Waals surface area contributed by atoms with Crippen LogP contribution in [0.5, 0.6) is 0 Å². The van der Waals surface area contributed by atoms with Gasteiger partial charge in [-0.15, -0.1) is 0 Å². The first kappa shape index (κ1) is 42.4. The number of fused-ring (bicyclic) bond motifs is 1. The van der Waals surface area contributed by atoms with Crippen LogP contribution in [0.3, 0.4) is 0 Å². The van der Waals surface area contributed by atoms with E-state index in [1.165, 1.54) is 21.7 Å². The molecule has 2 aromatic carbocycles. The van der Waals surface area contributed by atoms with E-state index in [-0.39, 0.29) is 35.9 Å². The number of benzene rings is 2. The van der Waals surface area contributed by atoms with Gasteiger partial charge in [0, 0.05) is 29.2 Å². The summed E-state index contributed by atoms with van der Waals surface area (Å²) in [5.41, 5.74) is 5.75. The van der Waals surface area contributed by atoms with Crippen LogP contribution in [0.1, 0.15) is 76.5 Å². The zero-order valence-electron chi connectivity index (χ0n) is 31.8. The molecule has 0 bridgehead atoms. The first-order chi connectivity index (χ1) is 23.9. The van der Waals surface area contributed by atoms with Gasteiger partial charge in [-0.3, -0.25) is 24.4 Å². The molecule has 0 saturated heterocycles. The predicted molar refractivity (Wildman–Crippen MR) is 203 cm³/mol. The summed E-state index contributed by atoms with van der Waals surface area (Å²) in [5, 5.41) is 9.69. The van der Waals surface area contributed by atoms with Crippen LogP contribution in [-0.2, 0) is 20.9 Å². The summed E-state index contributed by atoms with van der Waals surface area (Å²) in [6, 6.07) is 8.03. The minimum Gasteiger partial charge on any atom is -0.444 e. The Kier molecular flexibility index (Phi) is 13.6. The molecule has 0 aliphatic rings. The Bertz CT molecular complexity index is 1790. The number of hydrogen-bond acceptors (Lipinski definition) is 8. The number of nitrogens with two attached hydrogens (primary N) is 1. The summed E-state index contributed by atoms with van der Waals surface area (Å²) >= 11 is 6.06. The summed E-state index contributed by atoms with van der Waals surface area (Å²) in [5.74, 6) is -2.48. The quantitative estimate of drug-likeness (QED) is 0.144. The molecule has 16 heteroatoms. The third-order valence-corrected chi connectivity index (χ3v) is 13.0. The molecule has 0 saturated carbocycles. The second-order valence-electron chi connectivity index (χ2n) is 15.6. The van der Waals surface area contributed by atoms with E-state index in [9.17, 15) is 24.0 Å². The number of halogens is 2. The third-order valence-electron chi connectivity index (χ3n) is 9.16. The summed E-state index contributed by atoms with van der Waals surface area (Å²) in [6.07, 6.45) is 0.356. The van der Waals surface area contributed by atoms with E-state index in [1.54, 1.807) is 64.0 Å². The van der Waals surface area contributed by atoms with Gasteiger partial charge in [-0.2, -0.15) is 5.10 Å². The van der Waals surface area contributed by atoms with E-state index in [2.05, 4.69) is 15.7 Å². The Balaban J connectivity index is 1.96. The van der Waals surface area contributed by atoms with Crippen molar-refractivity contribution in [3.8, 4) is 0 Å². The van der Waals surface area contributed by atoms with Crippen LogP contribution in [0.2, 0.25) is 23.2 Å². The maximum Gasteiger partial charge on any atom is 0.412 e. The molecule has 1 heterocycles. The molecule has 3 rings (SSSR count). The molecule has 0 unspecified atom stereocenters. The molecule has 1 aromatic heterocycles. The minimum atomic E-state index is -2.58. The molecule has 0 aliphatic heterocycles. The van der Waals surface area contributed by atoms with Gasteiger partial charge in [0.05, 0.1) is 23.1 Å². The van der Waals surface area contributed by atoms with Crippen molar-refractivity contribution in [2.75, 3.05) is 32.5 Å². The van der Waals surface area contributed by atoms with Crippen molar-refractivity contribution in [1.82, 2.24) is 24.9 Å². The second-order valence-corrected chi connectivity index (χ2v) is 20.5. The molecule has 0 spiro atoms. The Morgan fingerprint density at radius 2 is 1.77 bits per heavy atom. The zero-order chi connectivity index (χ0) is 39.3. The average Bonchev–Trinajstić information content (AvgIpc) is 3.35. The fourth-order valence-corrected chi connectivity index (χ4v) is 6.43. The van der Waals surface area contributed by atoms with Crippen LogP contribution < -0.4 is 16.4 Å². The van der Waals surface area contributed by atoms with Gasteiger partial charge in [-0.1, -0.05) is 37.6 Å². The lowest BCUT2D eigenvalue weighted by molar-refractivity contribution is -0.139. The number of carbonyl (C=O) groups is 4. The van der Waals surface area contributed by atoms with Crippen LogP contribution >= 0.6 is 11.6 Å². The van der Waals surface area contributed by atoms with Gasteiger partial charge < -0.3 is 30.4 Å². The normalized spacial score (nSPS) is 13.5. The van der Waals surface area contributed by atoms with Crippen molar-refractivity contribution in [2.45, 2.75) is 96.7 Å². The molecule has 52 heavy (non-hydrogen) atoms. The molecule has 4 amide bonds. The number of aromatic nitrogens is 2. The number of likely N-dealkylation sites (N-methyl/N-ethyl adjacent to an activating group) is 1. The molecule has 3 aromatic rings. The Morgan fingerprint density at radius 3 is 2.35 bits per heavy atom. The van der Waals surface area contributed by atoms with E-state index >= 15 is 4.39 Å². The summed E-state index contributed by atoms with van der Waals surface area (Å²) in [6.45, 7) is 14.3. The Morgan fingerprint density at radius 1 is 1.12 bits per heavy atom. The number of hydrogen-bond donors (Lipinski definition) is 4. The van der Waals surface area contributed by atoms with Crippen LogP contribution in [0.15, 0.2) is 36.4 Å². The number of carbonyl (C=O) groups excluding carboxylic acids is 4. The summed E-state index contributed by atoms with van der Waals surface area (Å²) < 4.78 is 21.8. The number of rotatable bonds is 15. The van der Waals surface area contributed by atoms with Crippen LogP contribution in [0.25, 0.3) is 10.9 Å². The van der Waals surface area contributed by atoms with E-state index in [1.807, 2.05) is 33.9 Å². The molecule has 13 nitrogen and oxygen atoms in total. The molecule has 286 valence electrons. The maximum absolute atomic E-state index is 15.1. The number of nitrogens with zero attached hydrogens (tertiary/aromatic N) is 4. The molecular formula is C36H53ClFN7O6Si. The summed E-state index contributed by atoms with van der Waals surface area (Å²) in [7, 11) is 0.997. The molecule has 2 atom stereocenters. The van der Waals surface area contributed by atoms with Crippen LogP contribution in [0, 0.1) is 5.82 Å². The van der Waals surface area contributed by atoms with Gasteiger partial charge in [-0.25, -0.2) is 9.18 Å². The minimum absolute atomic E-state index is 0.0755. The van der Waals surface area contributed by atoms with Crippen LogP contribution in [-0.4, -0.2) is 95.3 Å². The third kappa shape index (κ3) is 11.2. The standard InChI is InChI=1S/C36H53ClFN7O6Si/c1-22(16-17-36(5,6)52(9,10)50)44(20-29(46)41-27(19-43(7)8)24-12-11-13-26(37)31(24)38)30(47)21-45-28-15-14-23(40-34(49)51-35(2,3)4)18-25(28)32(42-45)33(39)48/h11-15,18,22,27,50H,16-17,19-21H2,1-10H3,(H2,39,48)(H,40,49)(H,41,46)/t22-,27-/m1/s1. The lowest BCUT2D eigenvalue weighted by Gasteiger charge is -2.37. The van der Waals surface area contributed by atoms with Gasteiger partial charge in [0.2, 0.25) is 11.8 Å². The van der Waals surface area contributed by atoms with E-state index < -0.39 is 60.7 Å². The van der Waals surface area contributed by atoms with Gasteiger partial charge in [0.1, 0.15) is 18.0 Å². The molecule has 0 fully saturated rings. The molecule has 0 aliphatic carbocycles. The van der Waals surface area contributed by atoms with Gasteiger partial charge in [-0.05, 0) is 97.0 Å². The van der Waals surface area contributed by atoms with E-state index in [0.29, 0.717) is 29.4 Å². The lowest BCUT2D eigenvalue weighted by atomic mass is 10.0. The molecular weight excluding hydrogens is 709 g/mol. The van der Waals surface area contributed by atoms with Gasteiger partial charge in [0.25, 0.3) is 5.91 Å². The Hall–Kier alpha value is -4.05. The van der Waals surface area contributed by atoms with Crippen LogP contribution in [0.4, 0.5) is 14.9 Å². The highest BCUT2D eigenvalue weighted by atomic mass is 35.5. The predicted octanol–water partition coefficient (Wildman–Crippen LogP) is 5.67. The van der Waals surface area contributed by atoms with E-state index in [4.69, 9.17) is 22.1 Å². The van der Waals surface area contributed by atoms with Crippen molar-refractivity contribution in [3.05, 3.63) is 58.5 Å². The summed E-state index contributed by atoms with van der Waals surface area (Å²) in [4.78, 5) is 66.9. The highest BCUT2D eigenvalue weighted by molar-refractivity contribution is 6.72. The second kappa shape index (κ2) is 16.7. The average molecular weight is 762 g/mol. The first-order valence-electron chi connectivity index (χ1n) is 17.1. The van der Waals surface area contributed by atoms with Crippen molar-refractivity contribution in [2.24, 2.45) is 5.73 Å². The zero-order valence-corrected chi connectivity index (χ0v) is 33.5. The van der Waals surface area contributed by atoms with Gasteiger partial charge in [0.15, 0.2) is 14.0 Å². The Labute approximate surface area is 311 Å². The smallest absolute Gasteiger partial charge is 0.412 e. The largest absolute Gasteiger partial charge is 0.444 e. The number of nitrogens with one attached hydrogen (secondary N) is 2. The van der Waals surface area contributed by atoms with Gasteiger partial charge >= 0.3 is 6.09 Å². The number of ether oxygens (including phenoxy) is 1. The topological polar surface area (TPSA) is 172 Å². The lowest BCUT2D eigenvalue weighted by Crippen LogP contribution is -2.48. The molecule has 0 radical (unpaired) electrons. The highest BCUT2D eigenvalue weighted by Gasteiger charge is 2.38. The SMILES string of the molecule is C[C@H](CCC(C)(C)[Si](C)(C)O)N(CC(=O)N[C@H](CN(C)C)c1cccc(Cl)c1F)C(=O)Cn1nc(C(N)=O)c2cc(NC(=O)OC(C)(C)C)ccc21. The molecule has 5 N–H and O–H groups in total. The fraction of sp³-hybridized carbons (Fsp3) is 0.528. The van der Waals surface area contributed by atoms with Crippen molar-refractivity contribution in [1.29, 1.82) is 0 Å². The number of anilines is 1. The number of primary amides is 1. The first-order valence-corrected chi connectivity index (χ1v) is 20.4.